The van der Waals surface area contributed by atoms with E-state index in [-0.39, 0.29) is 18.0 Å². The Morgan fingerprint density at radius 2 is 1.97 bits per heavy atom. The Bertz CT molecular complexity index is 1060. The molecule has 9 heteroatoms. The molecule has 1 aromatic carbocycles. The third kappa shape index (κ3) is 4.73. The smallest absolute Gasteiger partial charge is 0.264 e. The van der Waals surface area contributed by atoms with Gasteiger partial charge in [-0.05, 0) is 31.3 Å². The fraction of sp³-hybridized carbons (Fsp3) is 0.400. The van der Waals surface area contributed by atoms with Gasteiger partial charge in [0.15, 0.2) is 5.65 Å². The molecule has 0 bridgehead atoms. The van der Waals surface area contributed by atoms with Gasteiger partial charge in [-0.3, -0.25) is 18.8 Å². The number of aryl methyl sites for hydroxylation is 1. The molecule has 2 heterocycles. The number of hydrogen-bond donors (Lipinski definition) is 0. The molecule has 1 amide bonds. The Morgan fingerprint density at radius 3 is 2.66 bits per heavy atom. The summed E-state index contributed by atoms with van der Waals surface area (Å²) in [6.07, 6.45) is 2.89. The van der Waals surface area contributed by atoms with Gasteiger partial charge in [0.25, 0.3) is 5.56 Å². The van der Waals surface area contributed by atoms with Crippen LogP contribution in [-0.2, 0) is 18.4 Å². The number of carbonyl (C=O) groups is 1. The normalized spacial score (nSPS) is 11.3. The predicted octanol–water partition coefficient (Wildman–Crippen LogP) is 2.27. The molecule has 0 saturated carbocycles. The Balaban J connectivity index is 1.88. The maximum absolute atomic E-state index is 13.2. The zero-order valence-electron chi connectivity index (χ0n) is 16.9. The first-order chi connectivity index (χ1) is 13.9. The number of anilines is 1. The van der Waals surface area contributed by atoms with Crippen LogP contribution in [-0.4, -0.2) is 56.3 Å². The third-order valence-corrected chi connectivity index (χ3v) is 5.47. The van der Waals surface area contributed by atoms with Crippen molar-refractivity contribution < 1.29 is 4.79 Å². The van der Waals surface area contributed by atoms with Crippen LogP contribution in [0.1, 0.15) is 13.8 Å². The number of hydrogen-bond acceptors (Lipinski definition) is 5. The molecule has 3 rings (SSSR count). The van der Waals surface area contributed by atoms with E-state index in [0.29, 0.717) is 17.6 Å². The standard InChI is InChI=1S/C20H25BrN6O2/c1-4-25(5-2)9-10-27(16-8-6-7-15(21)11-16)18(28)13-26-14-22-19-17(20(26)29)12-23-24(19)3/h6-8,11-12,14H,4-5,9-10,13H2,1-3H3. The first-order valence-electron chi connectivity index (χ1n) is 9.60. The van der Waals surface area contributed by atoms with Gasteiger partial charge in [0.05, 0.1) is 6.20 Å². The van der Waals surface area contributed by atoms with Gasteiger partial charge >= 0.3 is 0 Å². The van der Waals surface area contributed by atoms with Crippen LogP contribution in [0, 0.1) is 0 Å². The zero-order valence-corrected chi connectivity index (χ0v) is 18.5. The SMILES string of the molecule is CCN(CC)CCN(C(=O)Cn1cnc2c(cnn2C)c1=O)c1cccc(Br)c1. The molecule has 0 aliphatic carbocycles. The molecule has 2 aromatic heterocycles. The second-order valence-corrected chi connectivity index (χ2v) is 7.65. The van der Waals surface area contributed by atoms with Crippen LogP contribution in [0.4, 0.5) is 5.69 Å². The minimum absolute atomic E-state index is 0.0819. The summed E-state index contributed by atoms with van der Waals surface area (Å²) in [5.41, 5.74) is 1.03. The number of nitrogens with zero attached hydrogens (tertiary/aromatic N) is 6. The highest BCUT2D eigenvalue weighted by molar-refractivity contribution is 9.10. The Morgan fingerprint density at radius 1 is 1.21 bits per heavy atom. The van der Waals surface area contributed by atoms with Gasteiger partial charge in [0.1, 0.15) is 18.3 Å². The average Bonchev–Trinajstić information content (AvgIpc) is 3.09. The number of halogens is 1. The number of carbonyl (C=O) groups excluding carboxylic acids is 1. The Kier molecular flexibility index (Phi) is 6.81. The third-order valence-electron chi connectivity index (χ3n) is 4.98. The summed E-state index contributed by atoms with van der Waals surface area (Å²) in [7, 11) is 1.73. The molecule has 0 atom stereocenters. The molecule has 0 saturated heterocycles. The van der Waals surface area contributed by atoms with Gasteiger partial charge in [-0.1, -0.05) is 35.8 Å². The number of fused-ring (bicyclic) bond motifs is 1. The highest BCUT2D eigenvalue weighted by Crippen LogP contribution is 2.20. The summed E-state index contributed by atoms with van der Waals surface area (Å²) in [5.74, 6) is -0.164. The topological polar surface area (TPSA) is 76.3 Å². The average molecular weight is 461 g/mol. The lowest BCUT2D eigenvalue weighted by Crippen LogP contribution is -2.41. The van der Waals surface area contributed by atoms with E-state index in [4.69, 9.17) is 0 Å². The lowest BCUT2D eigenvalue weighted by Gasteiger charge is -2.27. The van der Waals surface area contributed by atoms with Crippen molar-refractivity contribution in [1.82, 2.24) is 24.2 Å². The summed E-state index contributed by atoms with van der Waals surface area (Å²) in [6, 6.07) is 7.62. The maximum atomic E-state index is 13.2. The van der Waals surface area contributed by atoms with Crippen LogP contribution in [0.5, 0.6) is 0 Å². The van der Waals surface area contributed by atoms with Gasteiger partial charge in [-0.15, -0.1) is 0 Å². The minimum Gasteiger partial charge on any atom is -0.310 e. The summed E-state index contributed by atoms with van der Waals surface area (Å²) in [6.45, 7) is 7.23. The molecular formula is C20H25BrN6O2. The van der Waals surface area contributed by atoms with Crippen molar-refractivity contribution in [3.8, 4) is 0 Å². The summed E-state index contributed by atoms with van der Waals surface area (Å²) >= 11 is 3.47. The first-order valence-corrected chi connectivity index (χ1v) is 10.4. The number of aromatic nitrogens is 4. The van der Waals surface area contributed by atoms with Crippen molar-refractivity contribution in [2.45, 2.75) is 20.4 Å². The largest absolute Gasteiger partial charge is 0.310 e. The van der Waals surface area contributed by atoms with Gasteiger partial charge < -0.3 is 9.80 Å². The highest BCUT2D eigenvalue weighted by Gasteiger charge is 2.19. The molecule has 0 fully saturated rings. The van der Waals surface area contributed by atoms with Crippen LogP contribution < -0.4 is 10.5 Å². The summed E-state index contributed by atoms with van der Waals surface area (Å²) in [4.78, 5) is 34.2. The lowest BCUT2D eigenvalue weighted by atomic mass is 10.2. The molecule has 0 unspecified atom stereocenters. The van der Waals surface area contributed by atoms with Gasteiger partial charge in [0.2, 0.25) is 5.91 Å². The molecule has 0 aliphatic rings. The van der Waals surface area contributed by atoms with E-state index in [0.717, 1.165) is 29.8 Å². The van der Waals surface area contributed by atoms with E-state index in [1.807, 2.05) is 24.3 Å². The number of rotatable bonds is 8. The monoisotopic (exact) mass is 460 g/mol. The van der Waals surface area contributed by atoms with Crippen LogP contribution in [0.2, 0.25) is 0 Å². The number of amides is 1. The number of likely N-dealkylation sites (N-methyl/N-ethyl adjacent to an activating group) is 1. The van der Waals surface area contributed by atoms with Crippen molar-refractivity contribution in [2.24, 2.45) is 7.05 Å². The molecular weight excluding hydrogens is 436 g/mol. The maximum Gasteiger partial charge on any atom is 0.264 e. The molecule has 0 spiro atoms. The Labute approximate surface area is 177 Å². The molecule has 3 aromatic rings. The molecule has 8 nitrogen and oxygen atoms in total. The predicted molar refractivity (Wildman–Crippen MR) is 117 cm³/mol. The van der Waals surface area contributed by atoms with Gasteiger partial charge in [-0.25, -0.2) is 4.98 Å². The van der Waals surface area contributed by atoms with Gasteiger partial charge in [0, 0.05) is 30.3 Å². The van der Waals surface area contributed by atoms with Crippen LogP contribution >= 0.6 is 15.9 Å². The summed E-state index contributed by atoms with van der Waals surface area (Å²) < 4.78 is 3.78. The quantitative estimate of drug-likeness (QED) is 0.515. The van der Waals surface area contributed by atoms with Crippen molar-refractivity contribution in [3.05, 3.63) is 51.6 Å². The van der Waals surface area contributed by atoms with Crippen LogP contribution in [0.3, 0.4) is 0 Å². The van der Waals surface area contributed by atoms with Crippen molar-refractivity contribution >= 4 is 38.6 Å². The lowest BCUT2D eigenvalue weighted by molar-refractivity contribution is -0.119. The van der Waals surface area contributed by atoms with E-state index < -0.39 is 0 Å². The molecule has 154 valence electrons. The highest BCUT2D eigenvalue weighted by atomic mass is 79.9. The van der Waals surface area contributed by atoms with Crippen LogP contribution in [0.15, 0.2) is 46.1 Å². The first kappa shape index (κ1) is 21.2. The fourth-order valence-electron chi connectivity index (χ4n) is 3.23. The van der Waals surface area contributed by atoms with Crippen molar-refractivity contribution in [3.63, 3.8) is 0 Å². The van der Waals surface area contributed by atoms with Crippen LogP contribution in [0.25, 0.3) is 11.0 Å². The van der Waals surface area contributed by atoms with E-state index in [2.05, 4.69) is 44.8 Å². The molecule has 0 N–H and O–H groups in total. The second kappa shape index (κ2) is 9.32. The van der Waals surface area contributed by atoms with Crippen molar-refractivity contribution in [1.29, 1.82) is 0 Å². The van der Waals surface area contributed by atoms with E-state index in [1.165, 1.54) is 17.1 Å². The van der Waals surface area contributed by atoms with E-state index >= 15 is 0 Å². The molecule has 0 aliphatic heterocycles. The Hall–Kier alpha value is -2.52. The minimum atomic E-state index is -0.269. The fourth-order valence-corrected chi connectivity index (χ4v) is 3.62. The van der Waals surface area contributed by atoms with Crippen molar-refractivity contribution in [2.75, 3.05) is 31.1 Å². The zero-order chi connectivity index (χ0) is 21.0. The van der Waals surface area contributed by atoms with E-state index in [1.54, 1.807) is 16.6 Å². The second-order valence-electron chi connectivity index (χ2n) is 6.74. The number of benzene rings is 1. The molecule has 0 radical (unpaired) electrons. The van der Waals surface area contributed by atoms with Gasteiger partial charge in [-0.2, -0.15) is 5.10 Å². The summed E-state index contributed by atoms with van der Waals surface area (Å²) in [5, 5.41) is 4.47. The molecule has 29 heavy (non-hydrogen) atoms. The van der Waals surface area contributed by atoms with E-state index in [9.17, 15) is 9.59 Å².